The van der Waals surface area contributed by atoms with Gasteiger partial charge in [0.2, 0.25) is 0 Å². The first-order chi connectivity index (χ1) is 6.99. The molecular weight excluding hydrogens is 196 g/mol. The number of benzene rings is 1. The van der Waals surface area contributed by atoms with Crippen LogP contribution in [-0.2, 0) is 4.74 Å². The van der Waals surface area contributed by atoms with Gasteiger partial charge in [-0.2, -0.15) is 0 Å². The number of carboxylic acid groups (broad SMARTS) is 1. The van der Waals surface area contributed by atoms with Crippen molar-refractivity contribution in [1.82, 2.24) is 0 Å². The molecule has 4 nitrogen and oxygen atoms in total. The van der Waals surface area contributed by atoms with Gasteiger partial charge in [-0.1, -0.05) is 6.07 Å². The minimum absolute atomic E-state index is 0.0283. The summed E-state index contributed by atoms with van der Waals surface area (Å²) in [5, 5.41) is 10.9. The highest BCUT2D eigenvalue weighted by Gasteiger charge is 2.15. The standard InChI is InChI=1S/C11H12O4/c1-6-4-5-8(11(14)15-3)9(7(6)2)10(12)13/h4-5H,1-3H3,(H,12,13)/p-1. The molecular formula is C11H11O4-. The maximum atomic E-state index is 11.3. The molecule has 1 aromatic carbocycles. The maximum Gasteiger partial charge on any atom is 0.338 e. The van der Waals surface area contributed by atoms with E-state index in [-0.39, 0.29) is 11.1 Å². The number of rotatable bonds is 2. The molecule has 4 heteroatoms. The first-order valence-electron chi connectivity index (χ1n) is 4.39. The zero-order valence-corrected chi connectivity index (χ0v) is 8.79. The van der Waals surface area contributed by atoms with Crippen molar-refractivity contribution in [3.8, 4) is 0 Å². The lowest BCUT2D eigenvalue weighted by molar-refractivity contribution is -0.255. The molecule has 0 heterocycles. The third kappa shape index (κ3) is 1.98. The fraction of sp³-hybridized carbons (Fsp3) is 0.273. The van der Waals surface area contributed by atoms with Crippen LogP contribution in [0.3, 0.4) is 0 Å². The molecule has 0 atom stereocenters. The van der Waals surface area contributed by atoms with Gasteiger partial charge in [0, 0.05) is 5.56 Å². The third-order valence-corrected chi connectivity index (χ3v) is 2.35. The lowest BCUT2D eigenvalue weighted by Crippen LogP contribution is -2.26. The highest BCUT2D eigenvalue weighted by atomic mass is 16.5. The van der Waals surface area contributed by atoms with Crippen molar-refractivity contribution in [2.45, 2.75) is 13.8 Å². The van der Waals surface area contributed by atoms with E-state index >= 15 is 0 Å². The van der Waals surface area contributed by atoms with E-state index in [0.717, 1.165) is 5.56 Å². The van der Waals surface area contributed by atoms with Gasteiger partial charge < -0.3 is 14.6 Å². The second-order valence-electron chi connectivity index (χ2n) is 3.21. The Morgan fingerprint density at radius 2 is 1.87 bits per heavy atom. The van der Waals surface area contributed by atoms with Crippen molar-refractivity contribution in [3.05, 3.63) is 34.4 Å². The molecule has 80 valence electrons. The monoisotopic (exact) mass is 207 g/mol. The molecule has 0 saturated heterocycles. The number of carbonyl (C=O) groups excluding carboxylic acids is 2. The normalized spacial score (nSPS) is 9.80. The lowest BCUT2D eigenvalue weighted by atomic mass is 9.98. The molecule has 0 aromatic heterocycles. The molecule has 0 aliphatic heterocycles. The Balaban J connectivity index is 3.46. The van der Waals surface area contributed by atoms with Gasteiger partial charge in [-0.05, 0) is 31.0 Å². The van der Waals surface area contributed by atoms with Crippen LogP contribution in [-0.4, -0.2) is 19.0 Å². The van der Waals surface area contributed by atoms with Crippen molar-refractivity contribution >= 4 is 11.9 Å². The number of hydrogen-bond donors (Lipinski definition) is 0. The first kappa shape index (κ1) is 11.2. The second kappa shape index (κ2) is 4.13. The minimum Gasteiger partial charge on any atom is -0.545 e. The number of aromatic carboxylic acids is 1. The molecule has 1 rings (SSSR count). The summed E-state index contributed by atoms with van der Waals surface area (Å²) in [6.45, 7) is 3.40. The predicted molar refractivity (Wildman–Crippen MR) is 51.6 cm³/mol. The maximum absolute atomic E-state index is 11.3. The van der Waals surface area contributed by atoms with Crippen LogP contribution < -0.4 is 5.11 Å². The Morgan fingerprint density at radius 1 is 1.27 bits per heavy atom. The minimum atomic E-state index is -1.36. The van der Waals surface area contributed by atoms with Crippen molar-refractivity contribution in [3.63, 3.8) is 0 Å². The lowest BCUT2D eigenvalue weighted by Gasteiger charge is -2.13. The molecule has 0 spiro atoms. The number of carbonyl (C=O) groups is 2. The van der Waals surface area contributed by atoms with Crippen molar-refractivity contribution in [1.29, 1.82) is 0 Å². The Bertz CT molecular complexity index is 421. The van der Waals surface area contributed by atoms with E-state index in [2.05, 4.69) is 4.74 Å². The van der Waals surface area contributed by atoms with E-state index in [1.165, 1.54) is 13.2 Å². The van der Waals surface area contributed by atoms with E-state index in [1.54, 1.807) is 19.9 Å². The van der Waals surface area contributed by atoms with Crippen LogP contribution in [0.1, 0.15) is 31.8 Å². The zero-order valence-electron chi connectivity index (χ0n) is 8.79. The van der Waals surface area contributed by atoms with Crippen LogP contribution in [0, 0.1) is 13.8 Å². The first-order valence-corrected chi connectivity index (χ1v) is 4.39. The summed E-state index contributed by atoms with van der Waals surface area (Å²) in [6, 6.07) is 3.10. The number of esters is 1. The number of hydrogen-bond acceptors (Lipinski definition) is 4. The Hall–Kier alpha value is -1.84. The Morgan fingerprint density at radius 3 is 2.33 bits per heavy atom. The number of methoxy groups -OCH3 is 1. The number of carboxylic acids is 1. The zero-order chi connectivity index (χ0) is 11.6. The van der Waals surface area contributed by atoms with Crippen molar-refractivity contribution in [2.24, 2.45) is 0 Å². The SMILES string of the molecule is COC(=O)c1ccc(C)c(C)c1C(=O)[O-]. The molecule has 0 saturated carbocycles. The average molecular weight is 207 g/mol. The Kier molecular flexibility index (Phi) is 3.09. The van der Waals surface area contributed by atoms with Gasteiger partial charge >= 0.3 is 5.97 Å². The molecule has 0 N–H and O–H groups in total. The molecule has 0 aliphatic carbocycles. The summed E-state index contributed by atoms with van der Waals surface area (Å²) < 4.78 is 4.49. The largest absolute Gasteiger partial charge is 0.545 e. The predicted octanol–water partition coefficient (Wildman–Crippen LogP) is 0.454. The molecule has 15 heavy (non-hydrogen) atoms. The van der Waals surface area contributed by atoms with Crippen LogP contribution in [0.2, 0.25) is 0 Å². The molecule has 0 aliphatic rings. The van der Waals surface area contributed by atoms with Crippen molar-refractivity contribution in [2.75, 3.05) is 7.11 Å². The smallest absolute Gasteiger partial charge is 0.338 e. The van der Waals surface area contributed by atoms with Crippen LogP contribution in [0.5, 0.6) is 0 Å². The van der Waals surface area contributed by atoms with Gasteiger partial charge in [0.05, 0.1) is 18.6 Å². The second-order valence-corrected chi connectivity index (χ2v) is 3.21. The number of aryl methyl sites for hydroxylation is 1. The fourth-order valence-electron chi connectivity index (χ4n) is 1.36. The van der Waals surface area contributed by atoms with Crippen LogP contribution in [0.25, 0.3) is 0 Å². The van der Waals surface area contributed by atoms with Gasteiger partial charge in [0.25, 0.3) is 0 Å². The van der Waals surface area contributed by atoms with E-state index < -0.39 is 11.9 Å². The third-order valence-electron chi connectivity index (χ3n) is 2.35. The highest BCUT2D eigenvalue weighted by Crippen LogP contribution is 2.18. The molecule has 0 bridgehead atoms. The van der Waals surface area contributed by atoms with Gasteiger partial charge in [0.1, 0.15) is 0 Å². The van der Waals surface area contributed by atoms with E-state index in [0.29, 0.717) is 5.56 Å². The van der Waals surface area contributed by atoms with Gasteiger partial charge in [-0.15, -0.1) is 0 Å². The van der Waals surface area contributed by atoms with Gasteiger partial charge in [-0.3, -0.25) is 0 Å². The Labute approximate surface area is 87.5 Å². The van der Waals surface area contributed by atoms with Crippen LogP contribution >= 0.6 is 0 Å². The molecule has 0 radical (unpaired) electrons. The summed E-state index contributed by atoms with van der Waals surface area (Å²) >= 11 is 0. The van der Waals surface area contributed by atoms with Gasteiger partial charge in [0.15, 0.2) is 0 Å². The molecule has 0 amide bonds. The molecule has 0 unspecified atom stereocenters. The fourth-order valence-corrected chi connectivity index (χ4v) is 1.36. The summed E-state index contributed by atoms with van der Waals surface area (Å²) in [5.74, 6) is -2.03. The van der Waals surface area contributed by atoms with Crippen molar-refractivity contribution < 1.29 is 19.4 Å². The van der Waals surface area contributed by atoms with Crippen LogP contribution in [0.4, 0.5) is 0 Å². The van der Waals surface area contributed by atoms with Gasteiger partial charge in [-0.25, -0.2) is 4.79 Å². The summed E-state index contributed by atoms with van der Waals surface area (Å²) in [7, 11) is 1.20. The van der Waals surface area contributed by atoms with Crippen LogP contribution in [0.15, 0.2) is 12.1 Å². The molecule has 1 aromatic rings. The van der Waals surface area contributed by atoms with E-state index in [4.69, 9.17) is 0 Å². The summed E-state index contributed by atoms with van der Waals surface area (Å²) in [4.78, 5) is 22.2. The summed E-state index contributed by atoms with van der Waals surface area (Å²) in [6.07, 6.45) is 0. The topological polar surface area (TPSA) is 66.4 Å². The summed E-state index contributed by atoms with van der Waals surface area (Å²) in [5.41, 5.74) is 1.25. The highest BCUT2D eigenvalue weighted by molar-refractivity contribution is 6.02. The van der Waals surface area contributed by atoms with E-state index in [1.807, 2.05) is 0 Å². The quantitative estimate of drug-likeness (QED) is 0.660. The average Bonchev–Trinajstić information content (AvgIpc) is 2.20. The number of ether oxygens (including phenoxy) is 1. The van der Waals surface area contributed by atoms with E-state index in [9.17, 15) is 14.7 Å². The molecule has 0 fully saturated rings.